The summed E-state index contributed by atoms with van der Waals surface area (Å²) < 4.78 is 11.4. The number of piperidine rings is 1. The van der Waals surface area contributed by atoms with Gasteiger partial charge in [0.25, 0.3) is 0 Å². The lowest BCUT2D eigenvalue weighted by molar-refractivity contribution is 0.142. The van der Waals surface area contributed by atoms with Gasteiger partial charge in [0.1, 0.15) is 11.8 Å². The summed E-state index contributed by atoms with van der Waals surface area (Å²) in [5, 5.41) is 6.87. The second-order valence-corrected chi connectivity index (χ2v) is 7.37. The normalized spacial score (nSPS) is 20.6. The Labute approximate surface area is 159 Å². The maximum atomic E-state index is 12.9. The van der Waals surface area contributed by atoms with E-state index in [0.29, 0.717) is 24.4 Å². The second-order valence-electron chi connectivity index (χ2n) is 7.37. The van der Waals surface area contributed by atoms with Gasteiger partial charge in [-0.1, -0.05) is 11.2 Å². The van der Waals surface area contributed by atoms with Gasteiger partial charge in [0, 0.05) is 18.3 Å². The molecule has 1 aliphatic carbocycles. The molecule has 2 aliphatic rings. The van der Waals surface area contributed by atoms with Crippen LogP contribution in [0.5, 0.6) is 5.75 Å². The van der Waals surface area contributed by atoms with Crippen LogP contribution in [0.3, 0.4) is 0 Å². The molecule has 1 aromatic carbocycles. The molecule has 0 radical (unpaired) electrons. The Kier molecular flexibility index (Phi) is 5.27. The molecule has 1 saturated carbocycles. The van der Waals surface area contributed by atoms with Crippen LogP contribution in [-0.2, 0) is 0 Å². The zero-order valence-corrected chi connectivity index (χ0v) is 15.7. The number of anilines is 1. The van der Waals surface area contributed by atoms with Gasteiger partial charge in [-0.15, -0.1) is 0 Å². The van der Waals surface area contributed by atoms with E-state index in [9.17, 15) is 4.79 Å². The molecule has 2 heterocycles. The Bertz CT molecular complexity index is 785. The first-order chi connectivity index (χ1) is 13.2. The van der Waals surface area contributed by atoms with Gasteiger partial charge in [0.05, 0.1) is 6.10 Å². The first-order valence-corrected chi connectivity index (χ1v) is 9.83. The van der Waals surface area contributed by atoms with E-state index in [4.69, 9.17) is 9.26 Å². The minimum absolute atomic E-state index is 0.145. The van der Waals surface area contributed by atoms with Crippen LogP contribution in [0.25, 0.3) is 0 Å². The SMILES string of the molecule is Cc1noc([C@@H]2CCCCN2C(=O)Nc2cccc(OC3CCCC3)c2)n1. The monoisotopic (exact) mass is 370 g/mol. The number of aromatic nitrogens is 2. The fraction of sp³-hybridized carbons (Fsp3) is 0.550. The number of rotatable bonds is 4. The molecule has 144 valence electrons. The van der Waals surface area contributed by atoms with Crippen LogP contribution in [0.15, 0.2) is 28.8 Å². The Morgan fingerprint density at radius 1 is 1.22 bits per heavy atom. The molecule has 1 atom stereocenters. The lowest BCUT2D eigenvalue weighted by Crippen LogP contribution is -2.41. The van der Waals surface area contributed by atoms with Gasteiger partial charge in [-0.2, -0.15) is 4.98 Å². The predicted molar refractivity (Wildman–Crippen MR) is 101 cm³/mol. The summed E-state index contributed by atoms with van der Waals surface area (Å²) in [6.45, 7) is 2.46. The molecule has 1 saturated heterocycles. The first kappa shape index (κ1) is 17.8. The third kappa shape index (κ3) is 4.23. The number of benzene rings is 1. The zero-order valence-electron chi connectivity index (χ0n) is 15.7. The molecule has 27 heavy (non-hydrogen) atoms. The Morgan fingerprint density at radius 2 is 2.04 bits per heavy atom. The highest BCUT2D eigenvalue weighted by molar-refractivity contribution is 5.89. The van der Waals surface area contributed by atoms with Crippen molar-refractivity contribution in [1.29, 1.82) is 0 Å². The maximum Gasteiger partial charge on any atom is 0.322 e. The van der Waals surface area contributed by atoms with Crippen molar-refractivity contribution < 1.29 is 14.1 Å². The van der Waals surface area contributed by atoms with Crippen molar-refractivity contribution in [2.45, 2.75) is 64.0 Å². The van der Waals surface area contributed by atoms with Crippen LogP contribution in [0.4, 0.5) is 10.5 Å². The third-order valence-corrected chi connectivity index (χ3v) is 5.28. The number of nitrogens with one attached hydrogen (secondary N) is 1. The lowest BCUT2D eigenvalue weighted by atomic mass is 10.0. The average Bonchev–Trinajstić information content (AvgIpc) is 3.34. The summed E-state index contributed by atoms with van der Waals surface area (Å²) >= 11 is 0. The second kappa shape index (κ2) is 7.98. The standard InChI is InChI=1S/C20H26N4O3/c1-14-21-19(27-23-14)18-11-4-5-12-24(18)20(25)22-15-7-6-10-17(13-15)26-16-8-2-3-9-16/h6-7,10,13,16,18H,2-5,8-9,11-12H2,1H3,(H,22,25)/t18-/m0/s1. The minimum atomic E-state index is -0.169. The van der Waals surface area contributed by atoms with Crippen LogP contribution < -0.4 is 10.1 Å². The summed E-state index contributed by atoms with van der Waals surface area (Å²) in [5.41, 5.74) is 0.738. The lowest BCUT2D eigenvalue weighted by Gasteiger charge is -2.33. The summed E-state index contributed by atoms with van der Waals surface area (Å²) in [6, 6.07) is 7.32. The van der Waals surface area contributed by atoms with Gasteiger partial charge >= 0.3 is 6.03 Å². The number of urea groups is 1. The smallest absolute Gasteiger partial charge is 0.322 e. The van der Waals surface area contributed by atoms with E-state index in [0.717, 1.165) is 43.5 Å². The first-order valence-electron chi connectivity index (χ1n) is 9.83. The minimum Gasteiger partial charge on any atom is -0.490 e. The van der Waals surface area contributed by atoms with E-state index < -0.39 is 0 Å². The summed E-state index contributed by atoms with van der Waals surface area (Å²) in [7, 11) is 0. The van der Waals surface area contributed by atoms with E-state index in [-0.39, 0.29) is 12.1 Å². The van der Waals surface area contributed by atoms with Gasteiger partial charge in [-0.3, -0.25) is 0 Å². The van der Waals surface area contributed by atoms with Gasteiger partial charge in [0.2, 0.25) is 5.89 Å². The molecule has 0 bridgehead atoms. The largest absolute Gasteiger partial charge is 0.490 e. The summed E-state index contributed by atoms with van der Waals surface area (Å²) in [5.74, 6) is 1.91. The quantitative estimate of drug-likeness (QED) is 0.859. The van der Waals surface area contributed by atoms with Crippen molar-refractivity contribution in [2.24, 2.45) is 0 Å². The van der Waals surface area contributed by atoms with E-state index >= 15 is 0 Å². The summed E-state index contributed by atoms with van der Waals surface area (Å²) in [4.78, 5) is 19.0. The van der Waals surface area contributed by atoms with Crippen molar-refractivity contribution in [2.75, 3.05) is 11.9 Å². The molecule has 7 heteroatoms. The fourth-order valence-corrected chi connectivity index (χ4v) is 3.92. The van der Waals surface area contributed by atoms with Crippen molar-refractivity contribution in [1.82, 2.24) is 15.0 Å². The van der Waals surface area contributed by atoms with Crippen LogP contribution in [0.1, 0.15) is 62.7 Å². The predicted octanol–water partition coefficient (Wildman–Crippen LogP) is 4.46. The average molecular weight is 370 g/mol. The third-order valence-electron chi connectivity index (χ3n) is 5.28. The molecule has 1 N–H and O–H groups in total. The molecule has 0 spiro atoms. The van der Waals surface area contributed by atoms with Crippen molar-refractivity contribution in [3.8, 4) is 5.75 Å². The van der Waals surface area contributed by atoms with Crippen LogP contribution >= 0.6 is 0 Å². The fourth-order valence-electron chi connectivity index (χ4n) is 3.92. The number of likely N-dealkylation sites (tertiary alicyclic amines) is 1. The molecule has 2 amide bonds. The number of amides is 2. The van der Waals surface area contributed by atoms with Crippen molar-refractivity contribution in [3.63, 3.8) is 0 Å². The molecule has 2 fully saturated rings. The van der Waals surface area contributed by atoms with Crippen LogP contribution in [0, 0.1) is 6.92 Å². The van der Waals surface area contributed by atoms with Gasteiger partial charge in [0.15, 0.2) is 5.82 Å². The number of carbonyl (C=O) groups is 1. The highest BCUT2D eigenvalue weighted by Gasteiger charge is 2.32. The van der Waals surface area contributed by atoms with Crippen LogP contribution in [-0.4, -0.2) is 33.7 Å². The molecule has 0 unspecified atom stereocenters. The molecular formula is C20H26N4O3. The number of hydrogen-bond donors (Lipinski definition) is 1. The van der Waals surface area contributed by atoms with Gasteiger partial charge in [-0.25, -0.2) is 4.79 Å². The Balaban J connectivity index is 1.44. The number of ether oxygens (including phenoxy) is 1. The Hall–Kier alpha value is -2.57. The topological polar surface area (TPSA) is 80.5 Å². The molecule has 1 aliphatic heterocycles. The molecule has 1 aromatic heterocycles. The Morgan fingerprint density at radius 3 is 2.81 bits per heavy atom. The molecule has 4 rings (SSSR count). The van der Waals surface area contributed by atoms with E-state index in [1.54, 1.807) is 11.8 Å². The van der Waals surface area contributed by atoms with E-state index in [1.807, 2.05) is 24.3 Å². The van der Waals surface area contributed by atoms with Gasteiger partial charge < -0.3 is 19.5 Å². The van der Waals surface area contributed by atoms with E-state index in [2.05, 4.69) is 15.5 Å². The molecular weight excluding hydrogens is 344 g/mol. The van der Waals surface area contributed by atoms with Crippen LogP contribution in [0.2, 0.25) is 0 Å². The number of aryl methyl sites for hydroxylation is 1. The number of carbonyl (C=O) groups excluding carboxylic acids is 1. The zero-order chi connectivity index (χ0) is 18.6. The van der Waals surface area contributed by atoms with Gasteiger partial charge in [-0.05, 0) is 64.0 Å². The molecule has 7 nitrogen and oxygen atoms in total. The number of hydrogen-bond acceptors (Lipinski definition) is 5. The number of nitrogens with zero attached hydrogens (tertiary/aromatic N) is 3. The summed E-state index contributed by atoms with van der Waals surface area (Å²) in [6.07, 6.45) is 7.82. The molecule has 2 aromatic rings. The highest BCUT2D eigenvalue weighted by Crippen LogP contribution is 2.31. The highest BCUT2D eigenvalue weighted by atomic mass is 16.5. The van der Waals surface area contributed by atoms with Crippen molar-refractivity contribution in [3.05, 3.63) is 36.0 Å². The van der Waals surface area contributed by atoms with Crippen molar-refractivity contribution >= 4 is 11.7 Å². The maximum absolute atomic E-state index is 12.9. The van der Waals surface area contributed by atoms with E-state index in [1.165, 1.54) is 12.8 Å².